The van der Waals surface area contributed by atoms with Crippen molar-refractivity contribution in [3.05, 3.63) is 66.2 Å². The van der Waals surface area contributed by atoms with Crippen LogP contribution >= 0.6 is 0 Å². The van der Waals surface area contributed by atoms with E-state index in [1.165, 1.54) is 0 Å². The minimum Gasteiger partial charge on any atom is -0.497 e. The van der Waals surface area contributed by atoms with Gasteiger partial charge >= 0.3 is 6.03 Å². The van der Waals surface area contributed by atoms with Crippen molar-refractivity contribution in [2.24, 2.45) is 0 Å². The average Bonchev–Trinajstić information content (AvgIpc) is 2.79. The number of rotatable bonds is 4. The molecule has 1 N–H and O–H groups in total. The Balaban J connectivity index is 1.35. The molecule has 7 heteroatoms. The van der Waals surface area contributed by atoms with Crippen LogP contribution in [0.25, 0.3) is 11.3 Å². The zero-order valence-corrected chi connectivity index (χ0v) is 17.2. The van der Waals surface area contributed by atoms with Crippen LogP contribution in [-0.4, -0.2) is 54.4 Å². The van der Waals surface area contributed by atoms with Gasteiger partial charge in [0.25, 0.3) is 0 Å². The van der Waals surface area contributed by atoms with Crippen molar-refractivity contribution in [3.63, 3.8) is 0 Å². The average molecular weight is 403 g/mol. The summed E-state index contributed by atoms with van der Waals surface area (Å²) in [7, 11) is 1.65. The topological polar surface area (TPSA) is 70.6 Å². The van der Waals surface area contributed by atoms with Gasteiger partial charge < -0.3 is 19.9 Å². The third kappa shape index (κ3) is 4.51. The first-order chi connectivity index (χ1) is 14.6. The summed E-state index contributed by atoms with van der Waals surface area (Å²) in [6, 6.07) is 19.5. The zero-order chi connectivity index (χ0) is 20.9. The molecule has 154 valence electrons. The van der Waals surface area contributed by atoms with Gasteiger partial charge in [-0.05, 0) is 48.9 Å². The molecule has 1 aromatic heterocycles. The smallest absolute Gasteiger partial charge is 0.321 e. The summed E-state index contributed by atoms with van der Waals surface area (Å²) in [5.41, 5.74) is 3.70. The maximum absolute atomic E-state index is 12.5. The summed E-state index contributed by atoms with van der Waals surface area (Å²) in [6.07, 6.45) is 0. The van der Waals surface area contributed by atoms with E-state index in [0.717, 1.165) is 34.1 Å². The SMILES string of the molecule is COc1cccc(-c2ccc(N3CCN(C(=O)Nc4cccc(C)c4)CC3)nn2)c1. The molecular formula is C23H25N5O2. The van der Waals surface area contributed by atoms with Crippen LogP contribution in [0, 0.1) is 6.92 Å². The third-order valence-corrected chi connectivity index (χ3v) is 5.18. The minimum atomic E-state index is -0.0697. The third-order valence-electron chi connectivity index (χ3n) is 5.18. The molecule has 2 heterocycles. The zero-order valence-electron chi connectivity index (χ0n) is 17.2. The van der Waals surface area contributed by atoms with Gasteiger partial charge in [-0.1, -0.05) is 24.3 Å². The van der Waals surface area contributed by atoms with Gasteiger partial charge in [0.05, 0.1) is 12.8 Å². The first-order valence-electron chi connectivity index (χ1n) is 9.98. The second kappa shape index (κ2) is 8.82. The van der Waals surface area contributed by atoms with Gasteiger partial charge in [0.2, 0.25) is 0 Å². The number of nitrogens with zero attached hydrogens (tertiary/aromatic N) is 4. The lowest BCUT2D eigenvalue weighted by Crippen LogP contribution is -2.50. The number of anilines is 2. The van der Waals surface area contributed by atoms with Gasteiger partial charge in [-0.3, -0.25) is 0 Å². The lowest BCUT2D eigenvalue weighted by Gasteiger charge is -2.35. The van der Waals surface area contributed by atoms with Crippen molar-refractivity contribution in [1.29, 1.82) is 0 Å². The van der Waals surface area contributed by atoms with Crippen molar-refractivity contribution >= 4 is 17.5 Å². The summed E-state index contributed by atoms with van der Waals surface area (Å²) in [6.45, 7) is 4.71. The Morgan fingerprint density at radius 2 is 1.77 bits per heavy atom. The lowest BCUT2D eigenvalue weighted by molar-refractivity contribution is 0.208. The number of methoxy groups -OCH3 is 1. The Labute approximate surface area is 176 Å². The second-order valence-corrected chi connectivity index (χ2v) is 7.28. The van der Waals surface area contributed by atoms with E-state index in [1.807, 2.05) is 72.5 Å². The lowest BCUT2D eigenvalue weighted by atomic mass is 10.1. The van der Waals surface area contributed by atoms with Gasteiger partial charge in [-0.2, -0.15) is 0 Å². The van der Waals surface area contributed by atoms with E-state index in [1.54, 1.807) is 7.11 Å². The van der Waals surface area contributed by atoms with Crippen LogP contribution in [-0.2, 0) is 0 Å². The Hall–Kier alpha value is -3.61. The van der Waals surface area contributed by atoms with E-state index in [9.17, 15) is 4.79 Å². The number of amides is 2. The predicted molar refractivity (Wildman–Crippen MR) is 118 cm³/mol. The standard InChI is InChI=1S/C23H25N5O2/c1-17-5-3-7-19(15-17)24-23(29)28-13-11-27(12-14-28)22-10-9-21(25-26-22)18-6-4-8-20(16-18)30-2/h3-10,15-16H,11-14H2,1-2H3,(H,24,29). The maximum atomic E-state index is 12.5. The summed E-state index contributed by atoms with van der Waals surface area (Å²) in [5, 5.41) is 11.7. The maximum Gasteiger partial charge on any atom is 0.321 e. The monoisotopic (exact) mass is 403 g/mol. The Bertz CT molecular complexity index is 1010. The van der Waals surface area contributed by atoms with Crippen LogP contribution in [0.5, 0.6) is 5.75 Å². The molecule has 3 aromatic rings. The van der Waals surface area contributed by atoms with Crippen molar-refractivity contribution in [3.8, 4) is 17.0 Å². The first-order valence-corrected chi connectivity index (χ1v) is 9.98. The summed E-state index contributed by atoms with van der Waals surface area (Å²) in [4.78, 5) is 16.5. The molecule has 1 saturated heterocycles. The number of aromatic nitrogens is 2. The molecule has 0 bridgehead atoms. The highest BCUT2D eigenvalue weighted by Crippen LogP contribution is 2.23. The number of hydrogen-bond donors (Lipinski definition) is 1. The highest BCUT2D eigenvalue weighted by molar-refractivity contribution is 5.89. The van der Waals surface area contributed by atoms with Crippen molar-refractivity contribution in [1.82, 2.24) is 15.1 Å². The number of hydrogen-bond acceptors (Lipinski definition) is 5. The number of benzene rings is 2. The predicted octanol–water partition coefficient (Wildman–Crippen LogP) is 3.81. The van der Waals surface area contributed by atoms with Gasteiger partial charge in [-0.15, -0.1) is 10.2 Å². The molecule has 2 aromatic carbocycles. The fraction of sp³-hybridized carbons (Fsp3) is 0.261. The van der Waals surface area contributed by atoms with E-state index >= 15 is 0 Å². The van der Waals surface area contributed by atoms with Crippen LogP contribution in [0.4, 0.5) is 16.3 Å². The first kappa shape index (κ1) is 19.7. The quantitative estimate of drug-likeness (QED) is 0.717. The fourth-order valence-electron chi connectivity index (χ4n) is 3.49. The molecule has 0 atom stereocenters. The molecule has 1 fully saturated rings. The van der Waals surface area contributed by atoms with Crippen LogP contribution in [0.2, 0.25) is 0 Å². The Kier molecular flexibility index (Phi) is 5.79. The molecule has 7 nitrogen and oxygen atoms in total. The second-order valence-electron chi connectivity index (χ2n) is 7.28. The van der Waals surface area contributed by atoms with Crippen LogP contribution in [0.1, 0.15) is 5.56 Å². The largest absolute Gasteiger partial charge is 0.497 e. The number of nitrogens with one attached hydrogen (secondary N) is 1. The minimum absolute atomic E-state index is 0.0697. The number of carbonyl (C=O) groups is 1. The van der Waals surface area contributed by atoms with E-state index in [-0.39, 0.29) is 6.03 Å². The van der Waals surface area contributed by atoms with E-state index in [4.69, 9.17) is 4.74 Å². The number of aryl methyl sites for hydroxylation is 1. The number of carbonyl (C=O) groups excluding carboxylic acids is 1. The van der Waals surface area contributed by atoms with Crippen LogP contribution in [0.15, 0.2) is 60.7 Å². The fourth-order valence-corrected chi connectivity index (χ4v) is 3.49. The van der Waals surface area contributed by atoms with Gasteiger partial charge in [0.15, 0.2) is 5.82 Å². The number of ether oxygens (including phenoxy) is 1. The van der Waals surface area contributed by atoms with E-state index in [2.05, 4.69) is 20.4 Å². The molecule has 30 heavy (non-hydrogen) atoms. The number of piperazine rings is 1. The van der Waals surface area contributed by atoms with Gasteiger partial charge in [0.1, 0.15) is 5.75 Å². The molecule has 0 aliphatic carbocycles. The van der Waals surface area contributed by atoms with Crippen molar-refractivity contribution in [2.75, 3.05) is 43.5 Å². The van der Waals surface area contributed by atoms with E-state index in [0.29, 0.717) is 26.2 Å². The highest BCUT2D eigenvalue weighted by atomic mass is 16.5. The molecule has 0 saturated carbocycles. The van der Waals surface area contributed by atoms with Gasteiger partial charge in [-0.25, -0.2) is 4.79 Å². The summed E-state index contributed by atoms with van der Waals surface area (Å²) in [5.74, 6) is 1.61. The normalized spacial score (nSPS) is 13.8. The van der Waals surface area contributed by atoms with Crippen molar-refractivity contribution < 1.29 is 9.53 Å². The molecule has 1 aliphatic heterocycles. The Morgan fingerprint density at radius 1 is 0.967 bits per heavy atom. The number of urea groups is 1. The summed E-state index contributed by atoms with van der Waals surface area (Å²) >= 11 is 0. The molecule has 1 aliphatic rings. The highest BCUT2D eigenvalue weighted by Gasteiger charge is 2.22. The molecule has 0 unspecified atom stereocenters. The van der Waals surface area contributed by atoms with Crippen LogP contribution in [0.3, 0.4) is 0 Å². The molecular weight excluding hydrogens is 378 g/mol. The molecule has 0 radical (unpaired) electrons. The Morgan fingerprint density at radius 3 is 2.47 bits per heavy atom. The van der Waals surface area contributed by atoms with Crippen LogP contribution < -0.4 is 15.0 Å². The molecule has 0 spiro atoms. The van der Waals surface area contributed by atoms with Gasteiger partial charge in [0, 0.05) is 37.4 Å². The van der Waals surface area contributed by atoms with E-state index < -0.39 is 0 Å². The molecule has 4 rings (SSSR count). The summed E-state index contributed by atoms with van der Waals surface area (Å²) < 4.78 is 5.27. The molecule has 2 amide bonds. The van der Waals surface area contributed by atoms with Crippen molar-refractivity contribution in [2.45, 2.75) is 6.92 Å².